The molecule has 130 valence electrons. The van der Waals surface area contributed by atoms with E-state index in [4.69, 9.17) is 16.4 Å². The first-order valence-corrected chi connectivity index (χ1v) is 9.62. The van der Waals surface area contributed by atoms with E-state index in [1.165, 1.54) is 6.26 Å². The fourth-order valence-electron chi connectivity index (χ4n) is 2.75. The van der Waals surface area contributed by atoms with Crippen LogP contribution in [0, 0.1) is 5.92 Å². The summed E-state index contributed by atoms with van der Waals surface area (Å²) >= 11 is 7.39. The molecule has 0 aromatic rings. The van der Waals surface area contributed by atoms with Gasteiger partial charge in [0.05, 0.1) is 11.3 Å². The Morgan fingerprint density at radius 3 is 2.83 bits per heavy atom. The Hall–Kier alpha value is -0.940. The number of aliphatic hydroxyl groups excluding tert-OH is 1. The van der Waals surface area contributed by atoms with E-state index in [0.29, 0.717) is 41.7 Å². The van der Waals surface area contributed by atoms with Crippen molar-refractivity contribution >= 4 is 34.9 Å². The van der Waals surface area contributed by atoms with Crippen LogP contribution in [0.3, 0.4) is 0 Å². The number of hydrogen-bond acceptors (Lipinski definition) is 5. The number of allylic oxidation sites excluding steroid dienone is 3. The molecule has 0 saturated heterocycles. The highest BCUT2D eigenvalue weighted by Crippen LogP contribution is 2.32. The molecule has 2 atom stereocenters. The lowest BCUT2D eigenvalue weighted by Crippen LogP contribution is -2.25. The van der Waals surface area contributed by atoms with Crippen molar-refractivity contribution in [3.63, 3.8) is 0 Å². The second kappa shape index (κ2) is 10.8. The summed E-state index contributed by atoms with van der Waals surface area (Å²) in [6.07, 6.45) is 5.44. The number of Topliss-reactive ketones (excluding diaryl/α,β-unsaturated/α-hetero) is 1. The molecule has 23 heavy (non-hydrogen) atoms. The summed E-state index contributed by atoms with van der Waals surface area (Å²) in [6, 6.07) is 0. The van der Waals surface area contributed by atoms with Gasteiger partial charge in [-0.3, -0.25) is 4.79 Å². The smallest absolute Gasteiger partial charge is 0.168 e. The zero-order valence-corrected chi connectivity index (χ0v) is 15.6. The van der Waals surface area contributed by atoms with Gasteiger partial charge < -0.3 is 9.94 Å². The molecule has 1 aliphatic carbocycles. The third-order valence-corrected chi connectivity index (χ3v) is 4.95. The van der Waals surface area contributed by atoms with Crippen molar-refractivity contribution in [1.29, 1.82) is 0 Å². The molecule has 0 aromatic carbocycles. The lowest BCUT2D eigenvalue weighted by atomic mass is 9.82. The standard InChI is InChI=1S/C17H26ClNO3S/c1-4-14(19-22-8-6-7-18)17-15(20)10-13(11-16(17)21)9-12(3)23-5-2/h6,8,12-13,20H,4-5,7,9-11H2,1-3H3/b8-6+,19-14?. The van der Waals surface area contributed by atoms with Gasteiger partial charge in [-0.15, -0.1) is 11.6 Å². The highest BCUT2D eigenvalue weighted by Gasteiger charge is 2.31. The quantitative estimate of drug-likeness (QED) is 0.277. The molecule has 1 rings (SSSR count). The number of hydrogen-bond donors (Lipinski definition) is 1. The van der Waals surface area contributed by atoms with Crippen LogP contribution in [-0.4, -0.2) is 33.5 Å². The second-order valence-corrected chi connectivity index (χ2v) is 7.57. The van der Waals surface area contributed by atoms with Crippen LogP contribution in [0.15, 0.2) is 28.8 Å². The van der Waals surface area contributed by atoms with E-state index < -0.39 is 0 Å². The first-order valence-electron chi connectivity index (χ1n) is 8.04. The van der Waals surface area contributed by atoms with Crippen molar-refractivity contribution in [2.24, 2.45) is 11.1 Å². The number of rotatable bonds is 9. The number of aliphatic hydroxyl groups is 1. The molecule has 0 saturated carbocycles. The fraction of sp³-hybridized carbons (Fsp3) is 0.647. The Morgan fingerprint density at radius 1 is 1.52 bits per heavy atom. The molecular weight excluding hydrogens is 334 g/mol. The number of ketones is 1. The van der Waals surface area contributed by atoms with E-state index >= 15 is 0 Å². The number of oxime groups is 1. The Labute approximate surface area is 148 Å². The molecule has 0 heterocycles. The van der Waals surface area contributed by atoms with Crippen LogP contribution >= 0.6 is 23.4 Å². The Bertz CT molecular complexity index is 488. The van der Waals surface area contributed by atoms with E-state index in [1.807, 2.05) is 18.7 Å². The van der Waals surface area contributed by atoms with Crippen molar-refractivity contribution in [2.75, 3.05) is 11.6 Å². The lowest BCUT2D eigenvalue weighted by molar-refractivity contribution is -0.116. The predicted octanol–water partition coefficient (Wildman–Crippen LogP) is 4.84. The summed E-state index contributed by atoms with van der Waals surface area (Å²) in [7, 11) is 0. The molecule has 0 spiro atoms. The number of carbonyl (C=O) groups excluding carboxylic acids is 1. The fourth-order valence-corrected chi connectivity index (χ4v) is 3.80. The van der Waals surface area contributed by atoms with E-state index in [9.17, 15) is 9.90 Å². The second-order valence-electron chi connectivity index (χ2n) is 5.54. The number of halogens is 1. The van der Waals surface area contributed by atoms with Crippen LogP contribution < -0.4 is 0 Å². The number of alkyl halides is 1. The predicted molar refractivity (Wildman–Crippen MR) is 98.3 cm³/mol. The Morgan fingerprint density at radius 2 is 2.26 bits per heavy atom. The molecule has 4 nitrogen and oxygen atoms in total. The first kappa shape index (κ1) is 20.1. The van der Waals surface area contributed by atoms with Gasteiger partial charge in [0.15, 0.2) is 5.78 Å². The van der Waals surface area contributed by atoms with Gasteiger partial charge in [-0.2, -0.15) is 11.8 Å². The average Bonchev–Trinajstić information content (AvgIpc) is 2.49. The Balaban J connectivity index is 2.81. The summed E-state index contributed by atoms with van der Waals surface area (Å²) < 4.78 is 0. The van der Waals surface area contributed by atoms with E-state index in [0.717, 1.165) is 12.2 Å². The third kappa shape index (κ3) is 6.60. The summed E-state index contributed by atoms with van der Waals surface area (Å²) in [5.41, 5.74) is 0.819. The zero-order chi connectivity index (χ0) is 17.2. The van der Waals surface area contributed by atoms with Crippen LogP contribution in [0.25, 0.3) is 0 Å². The van der Waals surface area contributed by atoms with E-state index in [1.54, 1.807) is 6.08 Å². The molecule has 0 aliphatic heterocycles. The van der Waals surface area contributed by atoms with Crippen LogP contribution in [0.5, 0.6) is 0 Å². The van der Waals surface area contributed by atoms with E-state index in [-0.39, 0.29) is 17.5 Å². The molecule has 0 amide bonds. The largest absolute Gasteiger partial charge is 0.511 e. The van der Waals surface area contributed by atoms with Gasteiger partial charge in [-0.25, -0.2) is 0 Å². The van der Waals surface area contributed by atoms with Crippen molar-refractivity contribution in [3.8, 4) is 0 Å². The zero-order valence-electron chi connectivity index (χ0n) is 14.0. The maximum atomic E-state index is 12.4. The van der Waals surface area contributed by atoms with Crippen molar-refractivity contribution in [1.82, 2.24) is 0 Å². The molecule has 0 bridgehead atoms. The molecule has 2 unspecified atom stereocenters. The molecule has 1 N–H and O–H groups in total. The minimum Gasteiger partial charge on any atom is -0.511 e. The minimum atomic E-state index is -0.0435. The lowest BCUT2D eigenvalue weighted by Gasteiger charge is -2.25. The molecular formula is C17H26ClNO3S. The van der Waals surface area contributed by atoms with Crippen molar-refractivity contribution < 1.29 is 14.7 Å². The normalized spacial score (nSPS) is 21.1. The highest BCUT2D eigenvalue weighted by atomic mass is 35.5. The monoisotopic (exact) mass is 359 g/mol. The molecule has 1 aliphatic rings. The van der Waals surface area contributed by atoms with Crippen LogP contribution in [0.4, 0.5) is 0 Å². The van der Waals surface area contributed by atoms with Crippen LogP contribution in [-0.2, 0) is 9.63 Å². The van der Waals surface area contributed by atoms with Gasteiger partial charge >= 0.3 is 0 Å². The van der Waals surface area contributed by atoms with Crippen LogP contribution in [0.1, 0.15) is 46.5 Å². The van der Waals surface area contributed by atoms with Gasteiger partial charge in [0.1, 0.15) is 12.0 Å². The van der Waals surface area contributed by atoms with Gasteiger partial charge in [-0.05, 0) is 30.6 Å². The molecule has 0 radical (unpaired) electrons. The number of nitrogens with zero attached hydrogens (tertiary/aromatic N) is 1. The maximum absolute atomic E-state index is 12.4. The topological polar surface area (TPSA) is 58.9 Å². The maximum Gasteiger partial charge on any atom is 0.168 e. The number of thioether (sulfide) groups is 1. The van der Waals surface area contributed by atoms with E-state index in [2.05, 4.69) is 19.0 Å². The molecule has 6 heteroatoms. The third-order valence-electron chi connectivity index (χ3n) is 3.67. The highest BCUT2D eigenvalue weighted by molar-refractivity contribution is 7.99. The van der Waals surface area contributed by atoms with Gasteiger partial charge in [0.2, 0.25) is 0 Å². The molecule has 0 aromatic heterocycles. The molecule has 0 fully saturated rings. The van der Waals surface area contributed by atoms with Gasteiger partial charge in [-0.1, -0.05) is 25.9 Å². The van der Waals surface area contributed by atoms with Gasteiger partial charge in [0.25, 0.3) is 0 Å². The van der Waals surface area contributed by atoms with Crippen molar-refractivity contribution in [2.45, 2.75) is 51.7 Å². The summed E-state index contributed by atoms with van der Waals surface area (Å²) in [4.78, 5) is 17.5. The average molecular weight is 360 g/mol. The van der Waals surface area contributed by atoms with Gasteiger partial charge in [0, 0.05) is 24.0 Å². The van der Waals surface area contributed by atoms with Crippen molar-refractivity contribution in [3.05, 3.63) is 23.7 Å². The summed E-state index contributed by atoms with van der Waals surface area (Å²) in [6.45, 7) is 6.18. The SMILES string of the molecule is CCSC(C)CC1CC(=O)C(C(CC)=NO/C=C/CCl)=C(O)C1. The first-order chi connectivity index (χ1) is 11.0. The summed E-state index contributed by atoms with van der Waals surface area (Å²) in [5, 5.41) is 14.8. The Kier molecular flexibility index (Phi) is 9.41. The number of carbonyl (C=O) groups is 1. The summed E-state index contributed by atoms with van der Waals surface area (Å²) in [5.74, 6) is 1.70. The van der Waals surface area contributed by atoms with Crippen LogP contribution in [0.2, 0.25) is 0 Å². The minimum absolute atomic E-state index is 0.0435.